The van der Waals surface area contributed by atoms with Gasteiger partial charge < -0.3 is 5.11 Å². The van der Waals surface area contributed by atoms with Gasteiger partial charge in [0.25, 0.3) is 0 Å². The lowest BCUT2D eigenvalue weighted by Crippen LogP contribution is -2.55. The minimum atomic E-state index is -0.0324. The first-order chi connectivity index (χ1) is 10.4. The van der Waals surface area contributed by atoms with Crippen molar-refractivity contribution < 1.29 is 5.11 Å². The van der Waals surface area contributed by atoms with Gasteiger partial charge in [-0.3, -0.25) is 0 Å². The molecule has 0 saturated heterocycles. The van der Waals surface area contributed by atoms with Crippen molar-refractivity contribution >= 4 is 0 Å². The van der Waals surface area contributed by atoms with Crippen molar-refractivity contribution in [3.63, 3.8) is 0 Å². The maximum Gasteiger partial charge on any atom is 0.0568 e. The molecule has 1 heteroatoms. The summed E-state index contributed by atoms with van der Waals surface area (Å²) in [6.07, 6.45) is 11.1. The van der Waals surface area contributed by atoms with Crippen molar-refractivity contribution in [1.29, 1.82) is 0 Å². The van der Waals surface area contributed by atoms with Gasteiger partial charge in [0, 0.05) is 0 Å². The fourth-order valence-electron chi connectivity index (χ4n) is 7.86. The Labute approximate surface area is 137 Å². The number of hydrogen-bond acceptors (Lipinski definition) is 1. The average Bonchev–Trinajstić information content (AvgIpc) is 2.77. The Morgan fingerprint density at radius 2 is 1.59 bits per heavy atom. The molecule has 0 amide bonds. The third kappa shape index (κ3) is 1.93. The second-order valence-electron chi connectivity index (χ2n) is 10.2. The molecular weight excluding hydrogens is 268 g/mol. The highest BCUT2D eigenvalue weighted by molar-refractivity contribution is 5.09. The van der Waals surface area contributed by atoms with Crippen LogP contribution < -0.4 is 0 Å². The van der Waals surface area contributed by atoms with Gasteiger partial charge in [-0.05, 0) is 97.7 Å². The molecule has 4 aliphatic carbocycles. The summed E-state index contributed by atoms with van der Waals surface area (Å²) in [5, 5.41) is 10.4. The standard InChI is InChI=1S/C21H36O/c1-13-12-21(4)15(11-19(13)22)6-7-16-17-8-5-14(2)20(17,3)10-9-18(16)21/h13-19,22H,5-12H2,1-4H3/t13-,14-,15-,16-,17-,18-,19-,20+,21-/m0/s1. The van der Waals surface area contributed by atoms with Crippen molar-refractivity contribution in [2.24, 2.45) is 46.3 Å². The molecule has 22 heavy (non-hydrogen) atoms. The highest BCUT2D eigenvalue weighted by Crippen LogP contribution is 2.67. The van der Waals surface area contributed by atoms with Crippen LogP contribution >= 0.6 is 0 Å². The third-order valence-corrected chi connectivity index (χ3v) is 9.48. The first kappa shape index (κ1) is 15.5. The molecule has 4 aliphatic rings. The molecule has 4 rings (SSSR count). The first-order valence-electron chi connectivity index (χ1n) is 10.0. The van der Waals surface area contributed by atoms with Crippen LogP contribution in [0.25, 0.3) is 0 Å². The zero-order chi connectivity index (χ0) is 15.7. The van der Waals surface area contributed by atoms with E-state index in [4.69, 9.17) is 0 Å². The Bertz CT molecular complexity index is 445. The number of aliphatic hydroxyl groups is 1. The molecule has 4 saturated carbocycles. The van der Waals surface area contributed by atoms with Crippen LogP contribution in [0.3, 0.4) is 0 Å². The van der Waals surface area contributed by atoms with E-state index in [9.17, 15) is 5.11 Å². The van der Waals surface area contributed by atoms with E-state index in [0.717, 1.165) is 36.0 Å². The maximum absolute atomic E-state index is 10.4. The summed E-state index contributed by atoms with van der Waals surface area (Å²) >= 11 is 0. The van der Waals surface area contributed by atoms with Gasteiger partial charge in [0.2, 0.25) is 0 Å². The van der Waals surface area contributed by atoms with Crippen molar-refractivity contribution in [1.82, 2.24) is 0 Å². The molecule has 1 nitrogen and oxygen atoms in total. The van der Waals surface area contributed by atoms with Crippen LogP contribution in [0, 0.1) is 46.3 Å². The van der Waals surface area contributed by atoms with Gasteiger partial charge in [-0.15, -0.1) is 0 Å². The molecule has 0 unspecified atom stereocenters. The molecule has 0 spiro atoms. The fraction of sp³-hybridized carbons (Fsp3) is 1.00. The summed E-state index contributed by atoms with van der Waals surface area (Å²) in [5.41, 5.74) is 1.17. The summed E-state index contributed by atoms with van der Waals surface area (Å²) in [6.45, 7) is 10.0. The van der Waals surface area contributed by atoms with Crippen molar-refractivity contribution in [3.05, 3.63) is 0 Å². The van der Waals surface area contributed by atoms with E-state index in [1.807, 2.05) is 0 Å². The number of fused-ring (bicyclic) bond motifs is 5. The average molecular weight is 305 g/mol. The minimum absolute atomic E-state index is 0.0324. The zero-order valence-corrected chi connectivity index (χ0v) is 15.1. The van der Waals surface area contributed by atoms with E-state index < -0.39 is 0 Å². The van der Waals surface area contributed by atoms with Crippen LogP contribution in [0.4, 0.5) is 0 Å². The van der Waals surface area contributed by atoms with Crippen LogP contribution in [0.5, 0.6) is 0 Å². The maximum atomic E-state index is 10.4. The lowest BCUT2D eigenvalue weighted by molar-refractivity contribution is -0.139. The molecule has 4 fully saturated rings. The van der Waals surface area contributed by atoms with E-state index >= 15 is 0 Å². The Balaban J connectivity index is 1.63. The monoisotopic (exact) mass is 304 g/mol. The van der Waals surface area contributed by atoms with Crippen molar-refractivity contribution in [2.75, 3.05) is 0 Å². The van der Waals surface area contributed by atoms with Gasteiger partial charge in [-0.1, -0.05) is 27.7 Å². The lowest BCUT2D eigenvalue weighted by atomic mass is 9.44. The van der Waals surface area contributed by atoms with Crippen LogP contribution in [-0.4, -0.2) is 11.2 Å². The van der Waals surface area contributed by atoms with E-state index in [1.165, 1.54) is 44.9 Å². The van der Waals surface area contributed by atoms with Gasteiger partial charge >= 0.3 is 0 Å². The Kier molecular flexibility index (Phi) is 3.50. The largest absolute Gasteiger partial charge is 0.393 e. The molecule has 126 valence electrons. The van der Waals surface area contributed by atoms with Gasteiger partial charge in [0.15, 0.2) is 0 Å². The fourth-order valence-corrected chi connectivity index (χ4v) is 7.86. The van der Waals surface area contributed by atoms with E-state index in [-0.39, 0.29) is 6.10 Å². The third-order valence-electron chi connectivity index (χ3n) is 9.48. The smallest absolute Gasteiger partial charge is 0.0568 e. The van der Waals surface area contributed by atoms with Crippen LogP contribution in [0.1, 0.15) is 79.1 Å². The zero-order valence-electron chi connectivity index (χ0n) is 15.1. The van der Waals surface area contributed by atoms with Gasteiger partial charge in [-0.25, -0.2) is 0 Å². The normalized spacial score (nSPS) is 61.2. The van der Waals surface area contributed by atoms with Crippen molar-refractivity contribution in [3.8, 4) is 0 Å². The van der Waals surface area contributed by atoms with E-state index in [2.05, 4.69) is 27.7 Å². The topological polar surface area (TPSA) is 20.2 Å². The van der Waals surface area contributed by atoms with Gasteiger partial charge in [-0.2, -0.15) is 0 Å². The number of hydrogen-bond donors (Lipinski definition) is 1. The predicted molar refractivity (Wildman–Crippen MR) is 91.4 cm³/mol. The first-order valence-corrected chi connectivity index (χ1v) is 10.0. The van der Waals surface area contributed by atoms with E-state index in [1.54, 1.807) is 0 Å². The second kappa shape index (κ2) is 4.98. The summed E-state index contributed by atoms with van der Waals surface area (Å²) in [6, 6.07) is 0. The number of rotatable bonds is 0. The molecular formula is C21H36O. The number of aliphatic hydroxyl groups excluding tert-OH is 1. The van der Waals surface area contributed by atoms with E-state index in [0.29, 0.717) is 16.7 Å². The lowest BCUT2D eigenvalue weighted by Gasteiger charge is -2.61. The van der Waals surface area contributed by atoms with Crippen LogP contribution in [-0.2, 0) is 0 Å². The molecule has 0 heterocycles. The molecule has 0 aromatic rings. The highest BCUT2D eigenvalue weighted by atomic mass is 16.3. The predicted octanol–water partition coefficient (Wildman–Crippen LogP) is 5.27. The summed E-state index contributed by atoms with van der Waals surface area (Å²) in [4.78, 5) is 0. The Morgan fingerprint density at radius 3 is 2.36 bits per heavy atom. The van der Waals surface area contributed by atoms with Gasteiger partial charge in [0.1, 0.15) is 0 Å². The van der Waals surface area contributed by atoms with Crippen LogP contribution in [0.2, 0.25) is 0 Å². The molecule has 0 aromatic carbocycles. The Morgan fingerprint density at radius 1 is 0.864 bits per heavy atom. The van der Waals surface area contributed by atoms with Crippen molar-refractivity contribution in [2.45, 2.75) is 85.2 Å². The highest BCUT2D eigenvalue weighted by Gasteiger charge is 2.59. The molecule has 1 N–H and O–H groups in total. The molecule has 9 atom stereocenters. The molecule has 0 aromatic heterocycles. The SMILES string of the molecule is C[C@H]1C[C@@]2(C)[C@@H](CC[C@@H]3[C@@H]2CC[C@]2(C)[C@@H](C)CC[C@@H]32)C[C@@H]1O. The Hall–Kier alpha value is -0.0400. The minimum Gasteiger partial charge on any atom is -0.393 e. The van der Waals surface area contributed by atoms with Crippen LogP contribution in [0.15, 0.2) is 0 Å². The summed E-state index contributed by atoms with van der Waals surface area (Å²) < 4.78 is 0. The summed E-state index contributed by atoms with van der Waals surface area (Å²) in [5.74, 6) is 5.19. The molecule has 0 radical (unpaired) electrons. The quantitative estimate of drug-likeness (QED) is 0.646. The molecule has 0 aliphatic heterocycles. The van der Waals surface area contributed by atoms with Gasteiger partial charge in [0.05, 0.1) is 6.10 Å². The summed E-state index contributed by atoms with van der Waals surface area (Å²) in [7, 11) is 0. The molecule has 0 bridgehead atoms. The second-order valence-corrected chi connectivity index (χ2v) is 10.2.